The number of carbonyl (C=O) groups excluding carboxylic acids is 1. The maximum atomic E-state index is 12.3. The van der Waals surface area contributed by atoms with Crippen molar-refractivity contribution in [2.75, 3.05) is 20.2 Å². The van der Waals surface area contributed by atoms with Crippen molar-refractivity contribution in [2.45, 2.75) is 32.4 Å². The second kappa shape index (κ2) is 6.21. The van der Waals surface area contributed by atoms with Gasteiger partial charge in [0.25, 0.3) is 5.91 Å². The van der Waals surface area contributed by atoms with Gasteiger partial charge in [-0.3, -0.25) is 4.79 Å². The lowest BCUT2D eigenvalue weighted by molar-refractivity contribution is 0.0622. The zero-order valence-electron chi connectivity index (χ0n) is 11.6. The van der Waals surface area contributed by atoms with E-state index in [4.69, 9.17) is 14.9 Å². The predicted molar refractivity (Wildman–Crippen MR) is 71.7 cm³/mol. The van der Waals surface area contributed by atoms with E-state index in [2.05, 4.69) is 0 Å². The number of likely N-dealkylation sites (tertiary alicyclic amines) is 1. The minimum Gasteiger partial charge on any atom is -0.453 e. The van der Waals surface area contributed by atoms with Crippen molar-refractivity contribution >= 4 is 5.91 Å². The summed E-state index contributed by atoms with van der Waals surface area (Å²) in [6.45, 7) is 3.89. The molecule has 1 aliphatic heterocycles. The molecule has 1 amide bonds. The molecule has 2 atom stereocenters. The first-order valence-corrected chi connectivity index (χ1v) is 6.74. The number of nitrogens with two attached hydrogens (primary N) is 1. The molecule has 106 valence electrons. The molecule has 1 aliphatic rings. The average molecular weight is 266 g/mol. The quantitative estimate of drug-likeness (QED) is 0.899. The van der Waals surface area contributed by atoms with Crippen LogP contribution in [0.2, 0.25) is 0 Å². The molecule has 1 saturated heterocycles. The van der Waals surface area contributed by atoms with Gasteiger partial charge in [-0.25, -0.2) is 0 Å². The van der Waals surface area contributed by atoms with Gasteiger partial charge in [0.1, 0.15) is 12.4 Å². The smallest absolute Gasteiger partial charge is 0.289 e. The Morgan fingerprint density at radius 1 is 1.63 bits per heavy atom. The summed E-state index contributed by atoms with van der Waals surface area (Å²) in [4.78, 5) is 14.2. The first-order chi connectivity index (χ1) is 9.11. The minimum absolute atomic E-state index is 0.0484. The summed E-state index contributed by atoms with van der Waals surface area (Å²) in [7, 11) is 1.60. The Balaban J connectivity index is 2.01. The maximum Gasteiger partial charge on any atom is 0.289 e. The van der Waals surface area contributed by atoms with Gasteiger partial charge < -0.3 is 19.8 Å². The number of rotatable bonds is 4. The fraction of sp³-hybridized carbons (Fsp3) is 0.643. The number of carbonyl (C=O) groups is 1. The van der Waals surface area contributed by atoms with E-state index in [0.717, 1.165) is 25.9 Å². The summed E-state index contributed by atoms with van der Waals surface area (Å²) in [6.07, 6.45) is 2.10. The van der Waals surface area contributed by atoms with E-state index in [1.54, 1.807) is 19.2 Å². The third-order valence-corrected chi connectivity index (χ3v) is 3.65. The van der Waals surface area contributed by atoms with Crippen LogP contribution in [0.25, 0.3) is 0 Å². The largest absolute Gasteiger partial charge is 0.453 e. The molecule has 5 heteroatoms. The molecule has 0 bridgehead atoms. The number of amides is 1. The van der Waals surface area contributed by atoms with E-state index in [1.165, 1.54) is 0 Å². The number of methoxy groups -OCH3 is 1. The number of piperidine rings is 1. The van der Waals surface area contributed by atoms with Gasteiger partial charge in [0.05, 0.1) is 0 Å². The third kappa shape index (κ3) is 3.36. The van der Waals surface area contributed by atoms with Crippen molar-refractivity contribution in [3.8, 4) is 0 Å². The number of ether oxygens (including phenoxy) is 1. The summed E-state index contributed by atoms with van der Waals surface area (Å²) in [5, 5.41) is 0. The molecule has 0 radical (unpaired) electrons. The number of hydrogen-bond donors (Lipinski definition) is 1. The normalized spacial score (nSPS) is 21.4. The summed E-state index contributed by atoms with van der Waals surface area (Å²) in [6, 6.07) is 3.62. The van der Waals surface area contributed by atoms with Gasteiger partial charge in [-0.2, -0.15) is 0 Å². The summed E-state index contributed by atoms with van der Waals surface area (Å²) in [5.74, 6) is 1.39. The van der Waals surface area contributed by atoms with Crippen LogP contribution in [0.4, 0.5) is 0 Å². The second-order valence-electron chi connectivity index (χ2n) is 5.21. The van der Waals surface area contributed by atoms with E-state index < -0.39 is 0 Å². The van der Waals surface area contributed by atoms with E-state index in [1.807, 2.05) is 11.8 Å². The first kappa shape index (κ1) is 14.1. The highest BCUT2D eigenvalue weighted by atomic mass is 16.5. The molecule has 5 nitrogen and oxygen atoms in total. The molecule has 0 aromatic carbocycles. The lowest BCUT2D eigenvalue weighted by atomic mass is 9.92. The van der Waals surface area contributed by atoms with Gasteiger partial charge in [-0.05, 0) is 37.8 Å². The first-order valence-electron chi connectivity index (χ1n) is 6.74. The molecule has 1 aromatic rings. The van der Waals surface area contributed by atoms with Crippen molar-refractivity contribution < 1.29 is 13.9 Å². The Bertz CT molecular complexity index is 428. The van der Waals surface area contributed by atoms with E-state index in [0.29, 0.717) is 24.0 Å². The number of nitrogens with zero attached hydrogens (tertiary/aromatic N) is 1. The highest BCUT2D eigenvalue weighted by Crippen LogP contribution is 2.21. The van der Waals surface area contributed by atoms with Crippen molar-refractivity contribution in [3.63, 3.8) is 0 Å². The van der Waals surface area contributed by atoms with E-state index >= 15 is 0 Å². The highest BCUT2D eigenvalue weighted by Gasteiger charge is 2.27. The minimum atomic E-state index is -0.0484. The number of furan rings is 1. The zero-order chi connectivity index (χ0) is 13.8. The average Bonchev–Trinajstić information content (AvgIpc) is 2.87. The Labute approximate surface area is 113 Å². The molecule has 2 heterocycles. The lowest BCUT2D eigenvalue weighted by Gasteiger charge is -2.34. The fourth-order valence-corrected chi connectivity index (χ4v) is 2.49. The van der Waals surface area contributed by atoms with Crippen molar-refractivity contribution in [2.24, 2.45) is 11.7 Å². The summed E-state index contributed by atoms with van der Waals surface area (Å²) >= 11 is 0. The van der Waals surface area contributed by atoms with Gasteiger partial charge in [0, 0.05) is 26.2 Å². The lowest BCUT2D eigenvalue weighted by Crippen LogP contribution is -2.44. The summed E-state index contributed by atoms with van der Waals surface area (Å²) < 4.78 is 10.5. The summed E-state index contributed by atoms with van der Waals surface area (Å²) in [5.41, 5.74) is 5.93. The predicted octanol–water partition coefficient (Wildman–Crippen LogP) is 1.63. The second-order valence-corrected chi connectivity index (χ2v) is 5.21. The van der Waals surface area contributed by atoms with Crippen LogP contribution in [-0.4, -0.2) is 37.0 Å². The molecule has 0 spiro atoms. The van der Waals surface area contributed by atoms with Crippen LogP contribution in [-0.2, 0) is 11.3 Å². The van der Waals surface area contributed by atoms with Crippen LogP contribution in [0.3, 0.4) is 0 Å². The van der Waals surface area contributed by atoms with Crippen LogP contribution in [0.5, 0.6) is 0 Å². The van der Waals surface area contributed by atoms with Gasteiger partial charge in [-0.15, -0.1) is 0 Å². The molecule has 1 fully saturated rings. The molecule has 2 rings (SSSR count). The molecule has 0 aliphatic carbocycles. The Morgan fingerprint density at radius 2 is 2.42 bits per heavy atom. The third-order valence-electron chi connectivity index (χ3n) is 3.65. The molecular formula is C14H22N2O3. The topological polar surface area (TPSA) is 68.7 Å². The van der Waals surface area contributed by atoms with Crippen molar-refractivity contribution in [1.82, 2.24) is 4.90 Å². The van der Waals surface area contributed by atoms with Crippen LogP contribution >= 0.6 is 0 Å². The van der Waals surface area contributed by atoms with E-state index in [-0.39, 0.29) is 11.9 Å². The van der Waals surface area contributed by atoms with Crippen LogP contribution in [0.15, 0.2) is 16.5 Å². The Kier molecular flexibility index (Phi) is 4.61. The van der Waals surface area contributed by atoms with Crippen molar-refractivity contribution in [3.05, 3.63) is 23.7 Å². The molecule has 2 N–H and O–H groups in total. The number of hydrogen-bond acceptors (Lipinski definition) is 4. The van der Waals surface area contributed by atoms with Crippen LogP contribution in [0.1, 0.15) is 36.1 Å². The fourth-order valence-electron chi connectivity index (χ4n) is 2.49. The molecule has 0 saturated carbocycles. The van der Waals surface area contributed by atoms with Crippen LogP contribution < -0.4 is 5.73 Å². The monoisotopic (exact) mass is 266 g/mol. The molecule has 2 unspecified atom stereocenters. The molecule has 19 heavy (non-hydrogen) atoms. The van der Waals surface area contributed by atoms with Gasteiger partial charge in [0.2, 0.25) is 0 Å². The molecule has 1 aromatic heterocycles. The Hall–Kier alpha value is -1.33. The van der Waals surface area contributed by atoms with Crippen molar-refractivity contribution in [1.29, 1.82) is 0 Å². The van der Waals surface area contributed by atoms with E-state index in [9.17, 15) is 4.79 Å². The van der Waals surface area contributed by atoms with Crippen LogP contribution in [0, 0.1) is 5.92 Å². The maximum absolute atomic E-state index is 12.3. The SMILES string of the molecule is COCc1ccc(C(=O)N2CCCC(C(C)N)C2)o1. The Morgan fingerprint density at radius 3 is 3.11 bits per heavy atom. The van der Waals surface area contributed by atoms with Gasteiger partial charge >= 0.3 is 0 Å². The highest BCUT2D eigenvalue weighted by molar-refractivity contribution is 5.91. The standard InChI is InChI=1S/C14H22N2O3/c1-10(15)11-4-3-7-16(8-11)14(17)13-6-5-12(19-13)9-18-2/h5-6,10-11H,3-4,7-9,15H2,1-2H3. The van der Waals surface area contributed by atoms with Gasteiger partial charge in [0.15, 0.2) is 5.76 Å². The van der Waals surface area contributed by atoms with Gasteiger partial charge in [-0.1, -0.05) is 0 Å². The zero-order valence-corrected chi connectivity index (χ0v) is 11.6. The molecular weight excluding hydrogens is 244 g/mol.